The number of ether oxygens (including phenoxy) is 1. The predicted octanol–water partition coefficient (Wildman–Crippen LogP) is 4.74. The molecule has 2 N–H and O–H groups in total. The highest BCUT2D eigenvalue weighted by molar-refractivity contribution is 7.80. The third-order valence-electron chi connectivity index (χ3n) is 4.60. The Bertz CT molecular complexity index is 895. The van der Waals surface area contributed by atoms with Crippen molar-refractivity contribution in [1.29, 1.82) is 0 Å². The molecule has 0 saturated carbocycles. The molecule has 0 bridgehead atoms. The second-order valence-electron chi connectivity index (χ2n) is 11.3. The fourth-order valence-electron chi connectivity index (χ4n) is 3.36. The standard InChI is InChI=1S/C26H41N3O4S/c1-11-17-13-12-14-18(15-17)20(21(30)28-24(2,3)4)29(25(5,6)7)22(31)19(16-34)27-23(32)33-26(8,9)10/h11-15,19-20,34H,1,16H2,2-10H3,(H,27,32)(H,28,30). The number of nitrogens with zero attached hydrogens (tertiary/aromatic N) is 1. The van der Waals surface area contributed by atoms with Crippen molar-refractivity contribution in [3.05, 3.63) is 42.0 Å². The van der Waals surface area contributed by atoms with E-state index in [4.69, 9.17) is 4.74 Å². The van der Waals surface area contributed by atoms with E-state index in [0.717, 1.165) is 5.56 Å². The van der Waals surface area contributed by atoms with Gasteiger partial charge in [-0.3, -0.25) is 9.59 Å². The Morgan fingerprint density at radius 1 is 1.09 bits per heavy atom. The van der Waals surface area contributed by atoms with E-state index in [1.165, 1.54) is 4.90 Å². The molecule has 8 heteroatoms. The van der Waals surface area contributed by atoms with Crippen LogP contribution in [0.4, 0.5) is 4.79 Å². The molecule has 7 nitrogen and oxygen atoms in total. The van der Waals surface area contributed by atoms with Gasteiger partial charge in [-0.15, -0.1) is 0 Å². The van der Waals surface area contributed by atoms with Gasteiger partial charge in [0, 0.05) is 16.8 Å². The van der Waals surface area contributed by atoms with Crippen molar-refractivity contribution in [2.24, 2.45) is 0 Å². The third kappa shape index (κ3) is 9.05. The van der Waals surface area contributed by atoms with Crippen LogP contribution in [-0.2, 0) is 14.3 Å². The molecule has 34 heavy (non-hydrogen) atoms. The summed E-state index contributed by atoms with van der Waals surface area (Å²) in [5.74, 6) is -0.732. The lowest BCUT2D eigenvalue weighted by molar-refractivity contribution is -0.148. The van der Waals surface area contributed by atoms with Crippen LogP contribution in [0.3, 0.4) is 0 Å². The maximum atomic E-state index is 13.9. The average Bonchev–Trinajstić information content (AvgIpc) is 2.65. The molecule has 0 aliphatic heterocycles. The molecule has 0 saturated heterocycles. The lowest BCUT2D eigenvalue weighted by Crippen LogP contribution is -2.60. The Balaban J connectivity index is 3.56. The summed E-state index contributed by atoms with van der Waals surface area (Å²) < 4.78 is 5.33. The van der Waals surface area contributed by atoms with Crippen LogP contribution in [0.25, 0.3) is 6.08 Å². The van der Waals surface area contributed by atoms with E-state index in [1.807, 2.05) is 65.8 Å². The highest BCUT2D eigenvalue weighted by Crippen LogP contribution is 2.31. The molecule has 190 valence electrons. The summed E-state index contributed by atoms with van der Waals surface area (Å²) in [4.78, 5) is 41.4. The molecule has 1 aromatic carbocycles. The van der Waals surface area contributed by atoms with Crippen molar-refractivity contribution in [1.82, 2.24) is 15.5 Å². The highest BCUT2D eigenvalue weighted by atomic mass is 32.1. The molecule has 2 unspecified atom stereocenters. The normalized spacial score (nSPS) is 13.9. The van der Waals surface area contributed by atoms with Gasteiger partial charge < -0.3 is 20.3 Å². The second-order valence-corrected chi connectivity index (χ2v) is 11.6. The Kier molecular flexibility index (Phi) is 9.82. The van der Waals surface area contributed by atoms with Crippen LogP contribution in [0.1, 0.15) is 79.5 Å². The quantitative estimate of drug-likeness (QED) is 0.481. The predicted molar refractivity (Wildman–Crippen MR) is 141 cm³/mol. The molecule has 0 radical (unpaired) electrons. The summed E-state index contributed by atoms with van der Waals surface area (Å²) in [5, 5.41) is 5.62. The molecule has 0 aliphatic rings. The van der Waals surface area contributed by atoms with Crippen LogP contribution in [-0.4, -0.2) is 51.3 Å². The van der Waals surface area contributed by atoms with Gasteiger partial charge in [-0.05, 0) is 79.5 Å². The third-order valence-corrected chi connectivity index (χ3v) is 4.96. The Labute approximate surface area is 210 Å². The number of benzene rings is 1. The van der Waals surface area contributed by atoms with Crippen molar-refractivity contribution in [3.63, 3.8) is 0 Å². The van der Waals surface area contributed by atoms with Gasteiger partial charge >= 0.3 is 6.09 Å². The van der Waals surface area contributed by atoms with E-state index in [-0.39, 0.29) is 11.7 Å². The van der Waals surface area contributed by atoms with Crippen molar-refractivity contribution in [3.8, 4) is 0 Å². The first-order chi connectivity index (χ1) is 15.4. The number of alkyl carbamates (subject to hydrolysis) is 1. The van der Waals surface area contributed by atoms with Crippen molar-refractivity contribution in [2.45, 2.75) is 91.1 Å². The van der Waals surface area contributed by atoms with Crippen LogP contribution in [0.15, 0.2) is 30.8 Å². The number of nitrogens with one attached hydrogen (secondary N) is 2. The largest absolute Gasteiger partial charge is 0.444 e. The molecule has 3 amide bonds. The van der Waals surface area contributed by atoms with Gasteiger partial charge in [0.2, 0.25) is 11.8 Å². The summed E-state index contributed by atoms with van der Waals surface area (Å²) in [6.45, 7) is 20.2. The molecule has 0 aromatic heterocycles. The van der Waals surface area contributed by atoms with Gasteiger partial charge in [0.05, 0.1) is 0 Å². The number of carbonyl (C=O) groups is 3. The zero-order valence-electron chi connectivity index (χ0n) is 22.0. The fraction of sp³-hybridized carbons (Fsp3) is 0.577. The number of rotatable bonds is 7. The number of thiol groups is 1. The molecular formula is C26H41N3O4S. The van der Waals surface area contributed by atoms with Gasteiger partial charge in [-0.25, -0.2) is 4.79 Å². The van der Waals surface area contributed by atoms with Crippen LogP contribution >= 0.6 is 12.6 Å². The van der Waals surface area contributed by atoms with Crippen LogP contribution in [0, 0.1) is 0 Å². The van der Waals surface area contributed by atoms with E-state index in [9.17, 15) is 14.4 Å². The molecule has 0 aliphatic carbocycles. The first-order valence-corrected chi connectivity index (χ1v) is 12.0. The first-order valence-electron chi connectivity index (χ1n) is 11.4. The lowest BCUT2D eigenvalue weighted by atomic mass is 9.94. The minimum absolute atomic E-state index is 0.0327. The molecule has 0 spiro atoms. The molecule has 1 aromatic rings. The number of hydrogen-bond acceptors (Lipinski definition) is 5. The summed E-state index contributed by atoms with van der Waals surface area (Å²) in [7, 11) is 0. The van der Waals surface area contributed by atoms with Gasteiger partial charge in [0.15, 0.2) is 0 Å². The van der Waals surface area contributed by atoms with Gasteiger partial charge in [-0.2, -0.15) is 12.6 Å². The average molecular weight is 492 g/mol. The SMILES string of the molecule is C=Cc1cccc(C(C(=O)NC(C)(C)C)N(C(=O)C(CS)NC(=O)OC(C)(C)C)C(C)(C)C)c1. The van der Waals surface area contributed by atoms with E-state index in [2.05, 4.69) is 29.8 Å². The first kappa shape index (κ1) is 29.6. The zero-order chi connectivity index (χ0) is 26.5. The molecule has 1 rings (SSSR count). The Hall–Kier alpha value is -2.48. The summed E-state index contributed by atoms with van der Waals surface area (Å²) in [6.07, 6.45) is 0.963. The molecule has 0 heterocycles. The van der Waals surface area contributed by atoms with Crippen LogP contribution in [0.2, 0.25) is 0 Å². The Morgan fingerprint density at radius 3 is 2.12 bits per heavy atom. The van der Waals surface area contributed by atoms with Crippen molar-refractivity contribution >= 4 is 36.6 Å². The van der Waals surface area contributed by atoms with E-state index >= 15 is 0 Å². The number of amides is 3. The van der Waals surface area contributed by atoms with E-state index in [0.29, 0.717) is 5.56 Å². The number of carbonyl (C=O) groups excluding carboxylic acids is 3. The summed E-state index contributed by atoms with van der Waals surface area (Å²) in [6, 6.07) is 5.40. The van der Waals surface area contributed by atoms with Crippen LogP contribution in [0.5, 0.6) is 0 Å². The van der Waals surface area contributed by atoms with Crippen molar-refractivity contribution in [2.75, 3.05) is 5.75 Å². The van der Waals surface area contributed by atoms with E-state index < -0.39 is 40.8 Å². The smallest absolute Gasteiger partial charge is 0.408 e. The highest BCUT2D eigenvalue weighted by Gasteiger charge is 2.42. The van der Waals surface area contributed by atoms with Gasteiger partial charge in [0.1, 0.15) is 17.7 Å². The van der Waals surface area contributed by atoms with E-state index in [1.54, 1.807) is 26.8 Å². The zero-order valence-corrected chi connectivity index (χ0v) is 22.9. The Morgan fingerprint density at radius 2 is 1.68 bits per heavy atom. The monoisotopic (exact) mass is 491 g/mol. The maximum Gasteiger partial charge on any atom is 0.408 e. The minimum atomic E-state index is -0.995. The second kappa shape index (κ2) is 11.3. The maximum absolute atomic E-state index is 13.9. The lowest BCUT2D eigenvalue weighted by Gasteiger charge is -2.43. The van der Waals surface area contributed by atoms with Crippen LogP contribution < -0.4 is 10.6 Å². The van der Waals surface area contributed by atoms with Gasteiger partial charge in [-0.1, -0.05) is 30.9 Å². The van der Waals surface area contributed by atoms with Gasteiger partial charge in [0.25, 0.3) is 0 Å². The number of hydrogen-bond donors (Lipinski definition) is 3. The topological polar surface area (TPSA) is 87.7 Å². The summed E-state index contributed by atoms with van der Waals surface area (Å²) >= 11 is 4.31. The van der Waals surface area contributed by atoms with Crippen molar-refractivity contribution < 1.29 is 19.1 Å². The molecule has 0 fully saturated rings. The summed E-state index contributed by atoms with van der Waals surface area (Å²) in [5.41, 5.74) is -0.547. The molecular weight excluding hydrogens is 450 g/mol. The molecule has 2 atom stereocenters. The fourth-order valence-corrected chi connectivity index (χ4v) is 3.61. The minimum Gasteiger partial charge on any atom is -0.444 e.